The van der Waals surface area contributed by atoms with E-state index in [-0.39, 0.29) is 11.5 Å². The van der Waals surface area contributed by atoms with E-state index in [2.05, 4.69) is 9.97 Å². The Labute approximate surface area is 113 Å². The van der Waals surface area contributed by atoms with Crippen LogP contribution in [0.3, 0.4) is 0 Å². The smallest absolute Gasteiger partial charge is 0.260 e. The van der Waals surface area contributed by atoms with Gasteiger partial charge in [-0.3, -0.25) is 4.79 Å². The number of nitrogens with zero attached hydrogens (tertiary/aromatic N) is 1. The summed E-state index contributed by atoms with van der Waals surface area (Å²) in [5, 5.41) is 1.70. The van der Waals surface area contributed by atoms with Gasteiger partial charge in [0.2, 0.25) is 0 Å². The molecule has 4 rings (SSSR count). The van der Waals surface area contributed by atoms with Gasteiger partial charge in [0.25, 0.3) is 5.56 Å². The number of aromatic amines is 1. The fourth-order valence-corrected chi connectivity index (χ4v) is 3.67. The van der Waals surface area contributed by atoms with Crippen molar-refractivity contribution in [1.82, 2.24) is 9.97 Å². The Kier molecular flexibility index (Phi) is 2.43. The number of hydrogen-bond donors (Lipinski definition) is 1. The lowest BCUT2D eigenvalue weighted by atomic mass is 10.1. The van der Waals surface area contributed by atoms with Crippen molar-refractivity contribution < 1.29 is 4.74 Å². The minimum absolute atomic E-state index is 0.0376. The third-order valence-electron chi connectivity index (χ3n) is 3.58. The second-order valence-electron chi connectivity index (χ2n) is 4.79. The molecular formula is C14H12N2O2S. The van der Waals surface area contributed by atoms with Gasteiger partial charge in [0.05, 0.1) is 12.0 Å². The Morgan fingerprint density at radius 3 is 3.11 bits per heavy atom. The monoisotopic (exact) mass is 272 g/mol. The standard InChI is InChI=1S/C14H12N2O2S/c17-13-11-9-3-1-2-4-10(9)19-14(11)16-12(15-13)8-5-6-18-7-8/h1-4,8H,5-7H2,(H,15,16,17). The van der Waals surface area contributed by atoms with Crippen LogP contribution >= 0.6 is 11.3 Å². The molecule has 1 fully saturated rings. The number of benzene rings is 1. The first-order chi connectivity index (χ1) is 9.33. The van der Waals surface area contributed by atoms with Crippen molar-refractivity contribution in [2.24, 2.45) is 0 Å². The van der Waals surface area contributed by atoms with Crippen LogP contribution in [0.2, 0.25) is 0 Å². The number of H-pyrrole nitrogens is 1. The van der Waals surface area contributed by atoms with Gasteiger partial charge in [-0.1, -0.05) is 18.2 Å². The summed E-state index contributed by atoms with van der Waals surface area (Å²) in [6, 6.07) is 7.94. The van der Waals surface area contributed by atoms with Gasteiger partial charge < -0.3 is 9.72 Å². The van der Waals surface area contributed by atoms with Crippen LogP contribution in [0.25, 0.3) is 20.3 Å². The van der Waals surface area contributed by atoms with E-state index in [1.165, 1.54) is 0 Å². The van der Waals surface area contributed by atoms with E-state index in [0.717, 1.165) is 33.8 Å². The summed E-state index contributed by atoms with van der Waals surface area (Å²) in [7, 11) is 0. The van der Waals surface area contributed by atoms with Gasteiger partial charge in [0.1, 0.15) is 10.7 Å². The van der Waals surface area contributed by atoms with E-state index >= 15 is 0 Å². The molecule has 0 radical (unpaired) electrons. The Hall–Kier alpha value is -1.72. The van der Waals surface area contributed by atoms with E-state index in [1.54, 1.807) is 11.3 Å². The summed E-state index contributed by atoms with van der Waals surface area (Å²) in [6.07, 6.45) is 0.930. The van der Waals surface area contributed by atoms with Gasteiger partial charge in [-0.15, -0.1) is 11.3 Å². The number of aromatic nitrogens is 2. The molecule has 0 aliphatic carbocycles. The second kappa shape index (κ2) is 4.15. The Morgan fingerprint density at radius 1 is 1.37 bits per heavy atom. The highest BCUT2D eigenvalue weighted by molar-refractivity contribution is 7.25. The summed E-state index contributed by atoms with van der Waals surface area (Å²) in [6.45, 7) is 1.40. The average Bonchev–Trinajstić information content (AvgIpc) is 3.05. The molecule has 0 bridgehead atoms. The predicted molar refractivity (Wildman–Crippen MR) is 75.9 cm³/mol. The van der Waals surface area contributed by atoms with E-state index in [9.17, 15) is 4.79 Å². The summed E-state index contributed by atoms with van der Waals surface area (Å²) >= 11 is 1.58. The summed E-state index contributed by atoms with van der Waals surface area (Å²) in [4.78, 5) is 20.7. The molecule has 0 amide bonds. The average molecular weight is 272 g/mol. The molecule has 3 heterocycles. The van der Waals surface area contributed by atoms with Crippen LogP contribution in [0.5, 0.6) is 0 Å². The lowest BCUT2D eigenvalue weighted by Crippen LogP contribution is -2.14. The zero-order chi connectivity index (χ0) is 12.8. The number of nitrogens with one attached hydrogen (secondary N) is 1. The molecule has 1 unspecified atom stereocenters. The Bertz CT molecular complexity index is 815. The molecule has 1 aliphatic heterocycles. The van der Waals surface area contributed by atoms with Crippen molar-refractivity contribution in [3.63, 3.8) is 0 Å². The molecule has 96 valence electrons. The van der Waals surface area contributed by atoms with E-state index < -0.39 is 0 Å². The molecule has 2 aromatic heterocycles. The fourth-order valence-electron chi connectivity index (χ4n) is 2.59. The lowest BCUT2D eigenvalue weighted by molar-refractivity contribution is 0.193. The van der Waals surface area contributed by atoms with Gasteiger partial charge in [0, 0.05) is 22.6 Å². The maximum absolute atomic E-state index is 12.3. The van der Waals surface area contributed by atoms with Crippen LogP contribution in [0.4, 0.5) is 0 Å². The SMILES string of the molecule is O=c1[nH]c(C2CCOC2)nc2sc3ccccc3c12. The second-order valence-corrected chi connectivity index (χ2v) is 5.82. The molecule has 3 aromatic rings. The quantitative estimate of drug-likeness (QED) is 0.741. The zero-order valence-electron chi connectivity index (χ0n) is 10.2. The van der Waals surface area contributed by atoms with Gasteiger partial charge >= 0.3 is 0 Å². The largest absolute Gasteiger partial charge is 0.381 e. The van der Waals surface area contributed by atoms with Gasteiger partial charge in [-0.25, -0.2) is 4.98 Å². The van der Waals surface area contributed by atoms with Crippen LogP contribution in [-0.2, 0) is 4.74 Å². The number of rotatable bonds is 1. The van der Waals surface area contributed by atoms with Gasteiger partial charge in [-0.2, -0.15) is 0 Å². The first kappa shape index (κ1) is 11.1. The predicted octanol–water partition coefficient (Wildman–Crippen LogP) is 2.64. The molecule has 1 saturated heterocycles. The highest BCUT2D eigenvalue weighted by atomic mass is 32.1. The van der Waals surface area contributed by atoms with Gasteiger partial charge in [0.15, 0.2) is 0 Å². The Balaban J connectivity index is 2.01. The first-order valence-electron chi connectivity index (χ1n) is 6.32. The van der Waals surface area contributed by atoms with Gasteiger partial charge in [-0.05, 0) is 12.5 Å². The molecule has 19 heavy (non-hydrogen) atoms. The molecule has 1 aliphatic rings. The van der Waals surface area contributed by atoms with Crippen LogP contribution in [0.15, 0.2) is 29.1 Å². The number of ether oxygens (including phenoxy) is 1. The number of hydrogen-bond acceptors (Lipinski definition) is 4. The van der Waals surface area contributed by atoms with Crippen molar-refractivity contribution in [2.75, 3.05) is 13.2 Å². The van der Waals surface area contributed by atoms with Crippen LogP contribution < -0.4 is 5.56 Å². The van der Waals surface area contributed by atoms with E-state index in [1.807, 2.05) is 24.3 Å². The van der Waals surface area contributed by atoms with Crippen molar-refractivity contribution in [2.45, 2.75) is 12.3 Å². The maximum Gasteiger partial charge on any atom is 0.260 e. The lowest BCUT2D eigenvalue weighted by Gasteiger charge is -2.05. The van der Waals surface area contributed by atoms with E-state index in [4.69, 9.17) is 4.74 Å². The molecule has 1 atom stereocenters. The van der Waals surface area contributed by atoms with E-state index in [0.29, 0.717) is 12.0 Å². The van der Waals surface area contributed by atoms with Crippen LogP contribution in [0, 0.1) is 0 Å². The maximum atomic E-state index is 12.3. The summed E-state index contributed by atoms with van der Waals surface area (Å²) in [5.41, 5.74) is -0.0376. The molecule has 1 aromatic carbocycles. The molecule has 0 saturated carbocycles. The first-order valence-corrected chi connectivity index (χ1v) is 7.14. The molecule has 0 spiro atoms. The normalized spacial score (nSPS) is 19.5. The van der Waals surface area contributed by atoms with Crippen molar-refractivity contribution >= 4 is 31.6 Å². The zero-order valence-corrected chi connectivity index (χ0v) is 11.0. The third kappa shape index (κ3) is 1.69. The minimum atomic E-state index is -0.0376. The Morgan fingerprint density at radius 2 is 2.26 bits per heavy atom. The molecular weight excluding hydrogens is 260 g/mol. The number of fused-ring (bicyclic) bond motifs is 3. The highest BCUT2D eigenvalue weighted by Gasteiger charge is 2.21. The van der Waals surface area contributed by atoms with Crippen molar-refractivity contribution in [3.05, 3.63) is 40.4 Å². The summed E-state index contributed by atoms with van der Waals surface area (Å²) in [5.74, 6) is 0.990. The van der Waals surface area contributed by atoms with Crippen molar-refractivity contribution in [1.29, 1.82) is 0 Å². The van der Waals surface area contributed by atoms with Crippen molar-refractivity contribution in [3.8, 4) is 0 Å². The fraction of sp³-hybridized carbons (Fsp3) is 0.286. The highest BCUT2D eigenvalue weighted by Crippen LogP contribution is 2.31. The third-order valence-corrected chi connectivity index (χ3v) is 4.65. The molecule has 1 N–H and O–H groups in total. The topological polar surface area (TPSA) is 55.0 Å². The minimum Gasteiger partial charge on any atom is -0.381 e. The van der Waals surface area contributed by atoms with Crippen LogP contribution in [0.1, 0.15) is 18.2 Å². The number of thiophene rings is 1. The molecule has 4 nitrogen and oxygen atoms in total. The van der Waals surface area contributed by atoms with Crippen LogP contribution in [-0.4, -0.2) is 23.2 Å². The summed E-state index contributed by atoms with van der Waals surface area (Å²) < 4.78 is 6.47. The molecule has 5 heteroatoms.